The van der Waals surface area contributed by atoms with E-state index in [0.717, 1.165) is 4.90 Å². The average molecular weight is 425 g/mol. The van der Waals surface area contributed by atoms with Gasteiger partial charge in [-0.15, -0.1) is 12.4 Å². The number of fused-ring (bicyclic) bond motifs is 1. The highest BCUT2D eigenvalue weighted by molar-refractivity contribution is 6.23. The minimum absolute atomic E-state index is 0. The Kier molecular flexibility index (Phi) is 7.43. The lowest BCUT2D eigenvalue weighted by Crippen LogP contribution is -2.54. The van der Waals surface area contributed by atoms with Gasteiger partial charge < -0.3 is 15.8 Å². The molecule has 156 valence electrons. The van der Waals surface area contributed by atoms with Gasteiger partial charge in [0.25, 0.3) is 11.8 Å². The first-order valence-corrected chi connectivity index (χ1v) is 8.85. The fourth-order valence-corrected chi connectivity index (χ4v) is 3.12. The van der Waals surface area contributed by atoms with Gasteiger partial charge in [-0.1, -0.05) is 0 Å². The number of carbonyl (C=O) groups is 5. The summed E-state index contributed by atoms with van der Waals surface area (Å²) < 4.78 is 5.14. The van der Waals surface area contributed by atoms with Crippen molar-refractivity contribution in [2.45, 2.75) is 25.3 Å². The molecule has 2 aliphatic heterocycles. The van der Waals surface area contributed by atoms with Crippen LogP contribution in [0.3, 0.4) is 0 Å². The molecule has 0 saturated carbocycles. The first-order chi connectivity index (χ1) is 13.4. The van der Waals surface area contributed by atoms with Crippen molar-refractivity contribution in [2.24, 2.45) is 5.73 Å². The topological polar surface area (TPSA) is 148 Å². The number of carbonyl (C=O) groups excluding carboxylic acids is 5. The number of benzene rings is 1. The standard InChI is InChI=1S/C18H20N4O6.ClH/c19-6-8-28-7-5-15(24)20-10-1-2-11-12(9-10)18(27)22(17(11)26)13-3-4-14(23)21-16(13)25;/h1-2,9,13H,3-8,19H2,(H,20,24)(H,21,23,25);1H. The second-order valence-electron chi connectivity index (χ2n) is 6.41. The van der Waals surface area contributed by atoms with Crippen LogP contribution in [0.5, 0.6) is 0 Å². The second-order valence-corrected chi connectivity index (χ2v) is 6.41. The van der Waals surface area contributed by atoms with Gasteiger partial charge in [0.15, 0.2) is 0 Å². The van der Waals surface area contributed by atoms with Gasteiger partial charge in [-0.3, -0.25) is 34.2 Å². The van der Waals surface area contributed by atoms with Gasteiger partial charge in [0.1, 0.15) is 6.04 Å². The van der Waals surface area contributed by atoms with E-state index in [1.165, 1.54) is 18.2 Å². The van der Waals surface area contributed by atoms with Crippen molar-refractivity contribution in [1.82, 2.24) is 10.2 Å². The Hall–Kier alpha value is -2.82. The predicted molar refractivity (Wildman–Crippen MR) is 103 cm³/mol. The molecule has 3 rings (SSSR count). The smallest absolute Gasteiger partial charge is 0.262 e. The SMILES string of the molecule is Cl.NCCOCCC(=O)Nc1ccc2c(c1)C(=O)N(C1CCC(=O)NC1=O)C2=O. The molecule has 1 atom stereocenters. The lowest BCUT2D eigenvalue weighted by Gasteiger charge is -2.27. The maximum absolute atomic E-state index is 12.7. The molecule has 11 heteroatoms. The maximum Gasteiger partial charge on any atom is 0.262 e. The monoisotopic (exact) mass is 424 g/mol. The van der Waals surface area contributed by atoms with Crippen LogP contribution in [0.2, 0.25) is 0 Å². The number of hydrogen-bond acceptors (Lipinski definition) is 7. The molecule has 0 bridgehead atoms. The zero-order valence-corrected chi connectivity index (χ0v) is 16.3. The lowest BCUT2D eigenvalue weighted by molar-refractivity contribution is -0.136. The molecule has 1 aromatic rings. The third kappa shape index (κ3) is 4.78. The van der Waals surface area contributed by atoms with E-state index in [4.69, 9.17) is 10.5 Å². The molecular formula is C18H21ClN4O6. The molecule has 5 amide bonds. The molecule has 29 heavy (non-hydrogen) atoms. The predicted octanol–water partition coefficient (Wildman–Crippen LogP) is -0.187. The van der Waals surface area contributed by atoms with Gasteiger partial charge in [-0.05, 0) is 24.6 Å². The highest BCUT2D eigenvalue weighted by Crippen LogP contribution is 2.29. The largest absolute Gasteiger partial charge is 0.380 e. The summed E-state index contributed by atoms with van der Waals surface area (Å²) in [6, 6.07) is 3.32. The summed E-state index contributed by atoms with van der Waals surface area (Å²) in [4.78, 5) is 61.5. The Morgan fingerprint density at radius 2 is 1.90 bits per heavy atom. The number of rotatable bonds is 7. The fraction of sp³-hybridized carbons (Fsp3) is 0.389. The highest BCUT2D eigenvalue weighted by Gasteiger charge is 2.44. The van der Waals surface area contributed by atoms with Crippen LogP contribution in [0.25, 0.3) is 0 Å². The van der Waals surface area contributed by atoms with E-state index in [-0.39, 0.29) is 55.3 Å². The van der Waals surface area contributed by atoms with Crippen molar-refractivity contribution in [3.05, 3.63) is 29.3 Å². The van der Waals surface area contributed by atoms with Crippen molar-refractivity contribution in [2.75, 3.05) is 25.1 Å². The van der Waals surface area contributed by atoms with Gasteiger partial charge in [0.2, 0.25) is 17.7 Å². The Balaban J connectivity index is 0.00000300. The normalized spacial score (nSPS) is 18.2. The van der Waals surface area contributed by atoms with E-state index in [9.17, 15) is 24.0 Å². The highest BCUT2D eigenvalue weighted by atomic mass is 35.5. The van der Waals surface area contributed by atoms with Gasteiger partial charge in [-0.25, -0.2) is 0 Å². The summed E-state index contributed by atoms with van der Waals surface area (Å²) in [5.74, 6) is -2.63. The van der Waals surface area contributed by atoms with Gasteiger partial charge in [0.05, 0.1) is 30.8 Å². The van der Waals surface area contributed by atoms with Gasteiger partial charge >= 0.3 is 0 Å². The van der Waals surface area contributed by atoms with Crippen LogP contribution in [0.4, 0.5) is 5.69 Å². The first-order valence-electron chi connectivity index (χ1n) is 8.85. The number of nitrogens with two attached hydrogens (primary N) is 1. The lowest BCUT2D eigenvalue weighted by atomic mass is 10.0. The molecule has 0 aromatic heterocycles. The number of imide groups is 2. The summed E-state index contributed by atoms with van der Waals surface area (Å²) in [5, 5.41) is 4.78. The summed E-state index contributed by atoms with van der Waals surface area (Å²) in [6.45, 7) is 0.944. The molecule has 1 aromatic carbocycles. The van der Waals surface area contributed by atoms with E-state index in [0.29, 0.717) is 18.8 Å². The van der Waals surface area contributed by atoms with Gasteiger partial charge in [0, 0.05) is 18.7 Å². The molecule has 1 unspecified atom stereocenters. The molecule has 0 aliphatic carbocycles. The third-order valence-corrected chi connectivity index (χ3v) is 4.46. The van der Waals surface area contributed by atoms with Crippen molar-refractivity contribution in [3.63, 3.8) is 0 Å². The zero-order valence-electron chi connectivity index (χ0n) is 15.4. The number of halogens is 1. The second kappa shape index (κ2) is 9.59. The van der Waals surface area contributed by atoms with E-state index in [1.807, 2.05) is 0 Å². The third-order valence-electron chi connectivity index (χ3n) is 4.46. The molecule has 2 aliphatic rings. The minimum Gasteiger partial charge on any atom is -0.380 e. The van der Waals surface area contributed by atoms with Gasteiger partial charge in [-0.2, -0.15) is 0 Å². The molecule has 0 radical (unpaired) electrons. The number of anilines is 1. The van der Waals surface area contributed by atoms with E-state index < -0.39 is 29.7 Å². The molecule has 4 N–H and O–H groups in total. The first kappa shape index (κ1) is 22.5. The Morgan fingerprint density at radius 1 is 1.17 bits per heavy atom. The molecule has 1 fully saturated rings. The van der Waals surface area contributed by atoms with Crippen molar-refractivity contribution in [1.29, 1.82) is 0 Å². The summed E-state index contributed by atoms with van der Waals surface area (Å²) >= 11 is 0. The Labute approximate surface area is 172 Å². The van der Waals surface area contributed by atoms with Crippen LogP contribution < -0.4 is 16.4 Å². The van der Waals surface area contributed by atoms with Crippen LogP contribution in [-0.4, -0.2) is 60.2 Å². The van der Waals surface area contributed by atoms with E-state index >= 15 is 0 Å². The van der Waals surface area contributed by atoms with Crippen molar-refractivity contribution in [3.8, 4) is 0 Å². The molecule has 0 spiro atoms. The van der Waals surface area contributed by atoms with Crippen molar-refractivity contribution < 1.29 is 28.7 Å². The number of nitrogens with zero attached hydrogens (tertiary/aromatic N) is 1. The van der Waals surface area contributed by atoms with Crippen LogP contribution in [0, 0.1) is 0 Å². The van der Waals surface area contributed by atoms with Crippen LogP contribution in [-0.2, 0) is 19.1 Å². The number of hydrogen-bond donors (Lipinski definition) is 3. The van der Waals surface area contributed by atoms with Crippen LogP contribution in [0.15, 0.2) is 18.2 Å². The molecule has 2 heterocycles. The number of piperidine rings is 1. The maximum atomic E-state index is 12.7. The van der Waals surface area contributed by atoms with E-state index in [1.54, 1.807) is 0 Å². The number of nitrogens with one attached hydrogen (secondary N) is 2. The summed E-state index contributed by atoms with van der Waals surface area (Å²) in [7, 11) is 0. The average Bonchev–Trinajstić information content (AvgIpc) is 2.90. The molecule has 10 nitrogen and oxygen atoms in total. The minimum atomic E-state index is -1.03. The number of ether oxygens (including phenoxy) is 1. The summed E-state index contributed by atoms with van der Waals surface area (Å²) in [5.41, 5.74) is 5.91. The fourth-order valence-electron chi connectivity index (χ4n) is 3.12. The number of amides is 5. The summed E-state index contributed by atoms with van der Waals surface area (Å²) in [6.07, 6.45) is 0.256. The molecular weight excluding hydrogens is 404 g/mol. The van der Waals surface area contributed by atoms with Crippen molar-refractivity contribution >= 4 is 47.6 Å². The van der Waals surface area contributed by atoms with Crippen LogP contribution in [0.1, 0.15) is 40.0 Å². The van der Waals surface area contributed by atoms with Crippen LogP contribution >= 0.6 is 12.4 Å². The molecule has 1 saturated heterocycles. The quantitative estimate of drug-likeness (QED) is 0.406. The Morgan fingerprint density at radius 3 is 2.59 bits per heavy atom. The zero-order chi connectivity index (χ0) is 20.3. The van der Waals surface area contributed by atoms with E-state index in [2.05, 4.69) is 10.6 Å². The Bertz CT molecular complexity index is 859.